The van der Waals surface area contributed by atoms with E-state index in [0.29, 0.717) is 29.4 Å². The Bertz CT molecular complexity index is 764. The van der Waals surface area contributed by atoms with Gasteiger partial charge in [0.25, 0.3) is 5.69 Å². The van der Waals surface area contributed by atoms with Crippen molar-refractivity contribution in [2.75, 3.05) is 26.6 Å². The number of nitro groups is 1. The third kappa shape index (κ3) is 4.62. The average molecular weight is 360 g/mol. The summed E-state index contributed by atoms with van der Waals surface area (Å²) in [6.45, 7) is 0. The van der Waals surface area contributed by atoms with Crippen LogP contribution in [0.25, 0.3) is 0 Å². The maximum Gasteiger partial charge on any atom is 0.269 e. The van der Waals surface area contributed by atoms with Crippen molar-refractivity contribution in [3.63, 3.8) is 0 Å². The predicted octanol–water partition coefficient (Wildman–Crippen LogP) is 3.19. The minimum absolute atomic E-state index is 0.0274. The molecule has 0 aliphatic rings. The van der Waals surface area contributed by atoms with Crippen LogP contribution in [0.4, 0.5) is 11.4 Å². The van der Waals surface area contributed by atoms with E-state index >= 15 is 0 Å². The highest BCUT2D eigenvalue weighted by Gasteiger charge is 2.14. The van der Waals surface area contributed by atoms with Crippen molar-refractivity contribution in [1.82, 2.24) is 0 Å². The van der Waals surface area contributed by atoms with Gasteiger partial charge in [-0.1, -0.05) is 0 Å². The van der Waals surface area contributed by atoms with Gasteiger partial charge >= 0.3 is 0 Å². The summed E-state index contributed by atoms with van der Waals surface area (Å²) in [5, 5.41) is 13.3. The van der Waals surface area contributed by atoms with Gasteiger partial charge in [-0.25, -0.2) is 0 Å². The van der Waals surface area contributed by atoms with Crippen LogP contribution in [0.2, 0.25) is 0 Å². The molecule has 1 amide bonds. The van der Waals surface area contributed by atoms with E-state index in [0.717, 1.165) is 5.56 Å². The molecular weight excluding hydrogens is 340 g/mol. The molecule has 0 aliphatic carbocycles. The van der Waals surface area contributed by atoms with E-state index in [1.165, 1.54) is 45.6 Å². The predicted molar refractivity (Wildman–Crippen MR) is 96.1 cm³/mol. The number of rotatable bonds is 8. The second-order valence-electron chi connectivity index (χ2n) is 5.39. The molecule has 0 aromatic heterocycles. The number of ether oxygens (including phenoxy) is 3. The maximum atomic E-state index is 12.1. The molecule has 8 nitrogen and oxygen atoms in total. The molecule has 8 heteroatoms. The van der Waals surface area contributed by atoms with Crippen LogP contribution in [0.5, 0.6) is 17.2 Å². The number of anilines is 1. The number of benzene rings is 2. The van der Waals surface area contributed by atoms with E-state index in [1.807, 2.05) is 0 Å². The summed E-state index contributed by atoms with van der Waals surface area (Å²) in [6.07, 6.45) is 0.700. The van der Waals surface area contributed by atoms with Crippen LogP contribution in [0.3, 0.4) is 0 Å². The lowest BCUT2D eigenvalue weighted by atomic mass is 10.1. The first-order valence-corrected chi connectivity index (χ1v) is 7.81. The van der Waals surface area contributed by atoms with Gasteiger partial charge in [0.05, 0.1) is 26.3 Å². The van der Waals surface area contributed by atoms with Crippen LogP contribution in [-0.2, 0) is 11.2 Å². The largest absolute Gasteiger partial charge is 0.493 e. The van der Waals surface area contributed by atoms with Gasteiger partial charge in [-0.05, 0) is 36.2 Å². The summed E-state index contributed by atoms with van der Waals surface area (Å²) in [5.74, 6) is 1.34. The molecule has 2 aromatic rings. The van der Waals surface area contributed by atoms with E-state index < -0.39 is 4.92 Å². The van der Waals surface area contributed by atoms with Crippen LogP contribution in [0.15, 0.2) is 36.4 Å². The van der Waals surface area contributed by atoms with Crippen molar-refractivity contribution in [2.45, 2.75) is 12.8 Å². The number of hydrogen-bond donors (Lipinski definition) is 1. The number of nitrogens with one attached hydrogen (secondary N) is 1. The van der Waals surface area contributed by atoms with Crippen molar-refractivity contribution in [3.8, 4) is 17.2 Å². The van der Waals surface area contributed by atoms with Crippen molar-refractivity contribution in [3.05, 3.63) is 52.1 Å². The average Bonchev–Trinajstić information content (AvgIpc) is 2.65. The Labute approximate surface area is 150 Å². The summed E-state index contributed by atoms with van der Waals surface area (Å²) >= 11 is 0. The van der Waals surface area contributed by atoms with Crippen molar-refractivity contribution in [2.24, 2.45) is 0 Å². The second-order valence-corrected chi connectivity index (χ2v) is 5.39. The Morgan fingerprint density at radius 2 is 1.62 bits per heavy atom. The van der Waals surface area contributed by atoms with Crippen LogP contribution >= 0.6 is 0 Å². The number of carbonyl (C=O) groups excluding carboxylic acids is 1. The third-order valence-corrected chi connectivity index (χ3v) is 3.73. The number of aryl methyl sites for hydroxylation is 1. The molecule has 26 heavy (non-hydrogen) atoms. The van der Waals surface area contributed by atoms with E-state index in [9.17, 15) is 14.9 Å². The Morgan fingerprint density at radius 3 is 2.08 bits per heavy atom. The zero-order valence-electron chi connectivity index (χ0n) is 14.8. The summed E-state index contributed by atoms with van der Waals surface area (Å²) < 4.78 is 15.9. The molecule has 0 bridgehead atoms. The molecule has 0 spiro atoms. The molecular formula is C18H20N2O6. The van der Waals surface area contributed by atoms with Crippen LogP contribution in [0, 0.1) is 10.1 Å². The smallest absolute Gasteiger partial charge is 0.269 e. The molecule has 0 fully saturated rings. The number of methoxy groups -OCH3 is 3. The Balaban J connectivity index is 2.01. The molecule has 0 radical (unpaired) electrons. The first-order valence-electron chi connectivity index (χ1n) is 7.81. The van der Waals surface area contributed by atoms with Crippen molar-refractivity contribution < 1.29 is 23.9 Å². The number of non-ortho nitro benzene ring substituents is 1. The van der Waals surface area contributed by atoms with Gasteiger partial charge in [0.1, 0.15) is 0 Å². The Morgan fingerprint density at radius 1 is 1.04 bits per heavy atom. The lowest BCUT2D eigenvalue weighted by molar-refractivity contribution is -0.384. The number of nitrogens with zero attached hydrogens (tertiary/aromatic N) is 1. The normalized spacial score (nSPS) is 10.1. The summed E-state index contributed by atoms with van der Waals surface area (Å²) in [4.78, 5) is 22.2. The SMILES string of the molecule is COc1cc(CCC(=O)Nc2ccc([N+](=O)[O-])cc2)cc(OC)c1OC. The second kappa shape index (κ2) is 8.70. The number of carbonyl (C=O) groups is 1. The Kier molecular flexibility index (Phi) is 6.37. The molecule has 0 atom stereocenters. The highest BCUT2D eigenvalue weighted by Crippen LogP contribution is 2.38. The van der Waals surface area contributed by atoms with E-state index in [2.05, 4.69) is 5.32 Å². The van der Waals surface area contributed by atoms with Gasteiger partial charge in [-0.15, -0.1) is 0 Å². The topological polar surface area (TPSA) is 99.9 Å². The molecule has 138 valence electrons. The first kappa shape index (κ1) is 19.0. The van der Waals surface area contributed by atoms with E-state index in [4.69, 9.17) is 14.2 Å². The van der Waals surface area contributed by atoms with Crippen LogP contribution in [0.1, 0.15) is 12.0 Å². The number of amides is 1. The molecule has 2 rings (SSSR count). The standard InChI is InChI=1S/C18H20N2O6/c1-24-15-10-12(11-16(25-2)18(15)26-3)4-9-17(21)19-13-5-7-14(8-6-13)20(22)23/h5-8,10-11H,4,9H2,1-3H3,(H,19,21). The van der Waals surface area contributed by atoms with Gasteiger partial charge in [0, 0.05) is 24.2 Å². The zero-order valence-corrected chi connectivity index (χ0v) is 14.8. The number of hydrogen-bond acceptors (Lipinski definition) is 6. The van der Waals surface area contributed by atoms with Gasteiger partial charge in [0.15, 0.2) is 11.5 Å². The van der Waals surface area contributed by atoms with E-state index in [-0.39, 0.29) is 18.0 Å². The van der Waals surface area contributed by atoms with E-state index in [1.54, 1.807) is 12.1 Å². The molecule has 1 N–H and O–H groups in total. The Hall–Kier alpha value is -3.29. The summed E-state index contributed by atoms with van der Waals surface area (Å²) in [7, 11) is 4.59. The first-order chi connectivity index (χ1) is 12.5. The third-order valence-electron chi connectivity index (χ3n) is 3.73. The summed E-state index contributed by atoms with van der Waals surface area (Å²) in [5.41, 5.74) is 1.34. The highest BCUT2D eigenvalue weighted by atomic mass is 16.6. The van der Waals surface area contributed by atoms with Gasteiger partial charge in [-0.2, -0.15) is 0 Å². The van der Waals surface area contributed by atoms with Crippen LogP contribution < -0.4 is 19.5 Å². The number of nitro benzene ring substituents is 1. The molecule has 0 saturated heterocycles. The molecule has 2 aromatic carbocycles. The van der Waals surface area contributed by atoms with Gasteiger partial charge < -0.3 is 19.5 Å². The lowest BCUT2D eigenvalue weighted by Crippen LogP contribution is -2.12. The highest BCUT2D eigenvalue weighted by molar-refractivity contribution is 5.90. The van der Waals surface area contributed by atoms with Crippen LogP contribution in [-0.4, -0.2) is 32.2 Å². The minimum Gasteiger partial charge on any atom is -0.493 e. The van der Waals surface area contributed by atoms with Gasteiger partial charge in [-0.3, -0.25) is 14.9 Å². The molecule has 0 heterocycles. The quantitative estimate of drug-likeness (QED) is 0.573. The minimum atomic E-state index is -0.490. The van der Waals surface area contributed by atoms with Crippen molar-refractivity contribution in [1.29, 1.82) is 0 Å². The molecule has 0 saturated carbocycles. The molecule has 0 aliphatic heterocycles. The zero-order chi connectivity index (χ0) is 19.1. The summed E-state index contributed by atoms with van der Waals surface area (Å²) in [6, 6.07) is 9.26. The maximum absolute atomic E-state index is 12.1. The monoisotopic (exact) mass is 360 g/mol. The lowest BCUT2D eigenvalue weighted by Gasteiger charge is -2.14. The van der Waals surface area contributed by atoms with Crippen molar-refractivity contribution >= 4 is 17.3 Å². The fourth-order valence-corrected chi connectivity index (χ4v) is 2.43. The fraction of sp³-hybridized carbons (Fsp3) is 0.278. The molecule has 0 unspecified atom stereocenters. The fourth-order valence-electron chi connectivity index (χ4n) is 2.43. The van der Waals surface area contributed by atoms with Gasteiger partial charge in [0.2, 0.25) is 11.7 Å².